The summed E-state index contributed by atoms with van der Waals surface area (Å²) in [4.78, 5) is 35.1. The molecule has 1 atom stereocenters. The van der Waals surface area contributed by atoms with Gasteiger partial charge in [0.2, 0.25) is 0 Å². The van der Waals surface area contributed by atoms with Gasteiger partial charge in [0.25, 0.3) is 5.91 Å². The summed E-state index contributed by atoms with van der Waals surface area (Å²) in [5.41, 5.74) is -1.02. The number of carbonyl (C=O) groups excluding carboxylic acids is 1. The Morgan fingerprint density at radius 3 is 2.32 bits per heavy atom. The van der Waals surface area contributed by atoms with E-state index in [9.17, 15) is 24.6 Å². The Morgan fingerprint density at radius 2 is 1.77 bits per heavy atom. The largest absolute Gasteiger partial charge is 0.479 e. The van der Waals surface area contributed by atoms with Crippen LogP contribution < -0.4 is 5.32 Å². The molecule has 1 aromatic rings. The van der Waals surface area contributed by atoms with Crippen molar-refractivity contribution < 1.29 is 24.6 Å². The number of amides is 1. The topological polar surface area (TPSA) is 104 Å². The van der Waals surface area contributed by atoms with Crippen molar-refractivity contribution in [3.63, 3.8) is 0 Å². The predicted molar refractivity (Wildman–Crippen MR) is 78.4 cm³/mol. The van der Waals surface area contributed by atoms with Crippen molar-refractivity contribution >= 4 is 17.8 Å². The van der Waals surface area contributed by atoms with Crippen LogP contribution in [0.15, 0.2) is 53.6 Å². The summed E-state index contributed by atoms with van der Waals surface area (Å²) in [6, 6.07) is 8.16. The van der Waals surface area contributed by atoms with Crippen LogP contribution in [0.3, 0.4) is 0 Å². The number of carboxylic acids is 2. The molecule has 1 amide bonds. The molecule has 0 radical (unpaired) electrons. The van der Waals surface area contributed by atoms with Gasteiger partial charge >= 0.3 is 11.9 Å². The number of hydrogen-bond acceptors (Lipinski definition) is 3. The summed E-state index contributed by atoms with van der Waals surface area (Å²) in [5, 5.41) is 21.1. The summed E-state index contributed by atoms with van der Waals surface area (Å²) >= 11 is 0. The zero-order valence-corrected chi connectivity index (χ0v) is 11.9. The number of allylic oxidation sites excluding steroid dienone is 2. The van der Waals surface area contributed by atoms with Crippen molar-refractivity contribution in [1.82, 2.24) is 5.32 Å². The first-order valence-corrected chi connectivity index (χ1v) is 6.59. The van der Waals surface area contributed by atoms with Gasteiger partial charge in [-0.3, -0.25) is 4.79 Å². The van der Waals surface area contributed by atoms with Crippen LogP contribution in [0.25, 0.3) is 0 Å². The van der Waals surface area contributed by atoms with E-state index in [1.165, 1.54) is 12.2 Å². The van der Waals surface area contributed by atoms with E-state index in [1.54, 1.807) is 37.3 Å². The Balaban J connectivity index is 2.33. The summed E-state index contributed by atoms with van der Waals surface area (Å²) in [6.45, 7) is 1.59. The predicted octanol–water partition coefficient (Wildman–Crippen LogP) is 1.60. The van der Waals surface area contributed by atoms with E-state index in [0.29, 0.717) is 11.1 Å². The summed E-state index contributed by atoms with van der Waals surface area (Å²) in [7, 11) is 0. The fourth-order valence-electron chi connectivity index (χ4n) is 2.24. The van der Waals surface area contributed by atoms with Gasteiger partial charge in [-0.1, -0.05) is 24.3 Å². The third-order valence-electron chi connectivity index (χ3n) is 3.56. The molecule has 0 aromatic heterocycles. The maximum absolute atomic E-state index is 12.2. The molecule has 2 rings (SSSR count). The van der Waals surface area contributed by atoms with E-state index in [-0.39, 0.29) is 12.0 Å². The van der Waals surface area contributed by atoms with Gasteiger partial charge in [0.1, 0.15) is 0 Å². The first kappa shape index (κ1) is 15.5. The summed E-state index contributed by atoms with van der Waals surface area (Å²) in [5.74, 6) is -3.07. The number of rotatable bonds is 4. The Labute approximate surface area is 126 Å². The summed E-state index contributed by atoms with van der Waals surface area (Å²) in [6.07, 6.45) is 2.42. The lowest BCUT2D eigenvalue weighted by molar-refractivity contribution is -0.142. The fourth-order valence-corrected chi connectivity index (χ4v) is 2.24. The highest BCUT2D eigenvalue weighted by Crippen LogP contribution is 2.28. The average molecular weight is 301 g/mol. The minimum absolute atomic E-state index is 0.0294. The first-order chi connectivity index (χ1) is 10.4. The van der Waals surface area contributed by atoms with Gasteiger partial charge < -0.3 is 15.5 Å². The number of aliphatic carboxylic acids is 2. The normalized spacial score (nSPS) is 20.6. The van der Waals surface area contributed by atoms with E-state index in [4.69, 9.17) is 0 Å². The maximum Gasteiger partial charge on any atom is 0.333 e. The third kappa shape index (κ3) is 2.90. The van der Waals surface area contributed by atoms with Gasteiger partial charge in [0, 0.05) is 17.6 Å². The molecule has 0 saturated carbocycles. The van der Waals surface area contributed by atoms with Gasteiger partial charge in [0.05, 0.1) is 0 Å². The molecule has 1 aromatic carbocycles. The molecule has 0 saturated heterocycles. The van der Waals surface area contributed by atoms with Gasteiger partial charge in [-0.2, -0.15) is 0 Å². The van der Waals surface area contributed by atoms with Gasteiger partial charge in [-0.15, -0.1) is 0 Å². The highest BCUT2D eigenvalue weighted by molar-refractivity contribution is 6.00. The quantitative estimate of drug-likeness (QED) is 0.783. The SMILES string of the molecule is CC1=C(C(=O)O)CC(NC(=O)c2ccccc2)(C(=O)O)C=C1. The second-order valence-electron chi connectivity index (χ2n) is 5.07. The minimum atomic E-state index is -1.76. The molecular weight excluding hydrogens is 286 g/mol. The highest BCUT2D eigenvalue weighted by Gasteiger charge is 2.42. The van der Waals surface area contributed by atoms with Crippen molar-refractivity contribution in [2.75, 3.05) is 0 Å². The zero-order chi connectivity index (χ0) is 16.3. The van der Waals surface area contributed by atoms with Crippen LogP contribution in [0, 0.1) is 0 Å². The zero-order valence-electron chi connectivity index (χ0n) is 11.9. The molecule has 0 fully saturated rings. The summed E-state index contributed by atoms with van der Waals surface area (Å²) < 4.78 is 0. The Kier molecular flexibility index (Phi) is 4.12. The third-order valence-corrected chi connectivity index (χ3v) is 3.56. The van der Waals surface area contributed by atoms with Crippen LogP contribution in [0.5, 0.6) is 0 Å². The van der Waals surface area contributed by atoms with Crippen LogP contribution >= 0.6 is 0 Å². The molecule has 6 nitrogen and oxygen atoms in total. The number of hydrogen-bond donors (Lipinski definition) is 3. The van der Waals surface area contributed by atoms with E-state index in [2.05, 4.69) is 5.32 Å². The molecule has 0 heterocycles. The first-order valence-electron chi connectivity index (χ1n) is 6.59. The lowest BCUT2D eigenvalue weighted by Crippen LogP contribution is -2.54. The average Bonchev–Trinajstić information content (AvgIpc) is 2.49. The standard InChI is InChI=1S/C16H15NO5/c1-10-7-8-16(15(21)22,9-12(10)14(19)20)17-13(18)11-5-3-2-4-6-11/h2-8H,9H2,1H3,(H,17,18)(H,19,20)(H,21,22). The van der Waals surface area contributed by atoms with Gasteiger partial charge in [-0.25, -0.2) is 9.59 Å². The molecule has 0 spiro atoms. The van der Waals surface area contributed by atoms with Crippen LogP contribution in [0.2, 0.25) is 0 Å². The van der Waals surface area contributed by atoms with Crippen molar-refractivity contribution in [1.29, 1.82) is 0 Å². The number of carbonyl (C=O) groups is 3. The monoisotopic (exact) mass is 301 g/mol. The van der Waals surface area contributed by atoms with E-state index in [1.807, 2.05) is 0 Å². The molecule has 22 heavy (non-hydrogen) atoms. The van der Waals surface area contributed by atoms with Gasteiger partial charge in [0.15, 0.2) is 5.54 Å². The maximum atomic E-state index is 12.2. The lowest BCUT2D eigenvalue weighted by atomic mass is 9.83. The minimum Gasteiger partial charge on any atom is -0.479 e. The lowest BCUT2D eigenvalue weighted by Gasteiger charge is -2.30. The fraction of sp³-hybridized carbons (Fsp3) is 0.188. The van der Waals surface area contributed by atoms with Crippen LogP contribution in [-0.2, 0) is 9.59 Å². The molecule has 6 heteroatoms. The van der Waals surface area contributed by atoms with Crippen molar-refractivity contribution in [2.45, 2.75) is 18.9 Å². The molecule has 1 aliphatic rings. The van der Waals surface area contributed by atoms with Crippen LogP contribution in [0.4, 0.5) is 0 Å². The van der Waals surface area contributed by atoms with Crippen LogP contribution in [0.1, 0.15) is 23.7 Å². The second kappa shape index (κ2) is 5.85. The Bertz CT molecular complexity index is 690. The Hall–Kier alpha value is -2.89. The molecule has 3 N–H and O–H groups in total. The smallest absolute Gasteiger partial charge is 0.333 e. The van der Waals surface area contributed by atoms with E-state index < -0.39 is 23.4 Å². The molecule has 0 aliphatic heterocycles. The molecular formula is C16H15NO5. The van der Waals surface area contributed by atoms with Gasteiger partial charge in [-0.05, 0) is 30.7 Å². The highest BCUT2D eigenvalue weighted by atomic mass is 16.4. The van der Waals surface area contributed by atoms with Crippen molar-refractivity contribution in [3.8, 4) is 0 Å². The molecule has 1 unspecified atom stereocenters. The molecule has 0 bridgehead atoms. The van der Waals surface area contributed by atoms with E-state index in [0.717, 1.165) is 0 Å². The second-order valence-corrected chi connectivity index (χ2v) is 5.07. The van der Waals surface area contributed by atoms with E-state index >= 15 is 0 Å². The number of benzene rings is 1. The number of nitrogens with one attached hydrogen (secondary N) is 1. The molecule has 114 valence electrons. The van der Waals surface area contributed by atoms with Crippen LogP contribution in [-0.4, -0.2) is 33.6 Å². The Morgan fingerprint density at radius 1 is 1.14 bits per heavy atom. The number of carboxylic acid groups (broad SMARTS) is 2. The molecule has 1 aliphatic carbocycles. The van der Waals surface area contributed by atoms with Crippen molar-refractivity contribution in [2.24, 2.45) is 0 Å². The van der Waals surface area contributed by atoms with Crippen molar-refractivity contribution in [3.05, 3.63) is 59.2 Å².